The van der Waals surface area contributed by atoms with Crippen molar-refractivity contribution < 1.29 is 14.3 Å². The average molecular weight is 419 g/mol. The number of hydrogen-bond donors (Lipinski definition) is 1. The monoisotopic (exact) mass is 419 g/mol. The minimum atomic E-state index is -0.197. The first-order valence-electron chi connectivity index (χ1n) is 9.99. The van der Waals surface area contributed by atoms with Gasteiger partial charge in [-0.25, -0.2) is 9.97 Å². The van der Waals surface area contributed by atoms with Crippen LogP contribution < -0.4 is 4.74 Å². The molecule has 0 aliphatic heterocycles. The Labute approximate surface area is 183 Å². The van der Waals surface area contributed by atoms with Crippen LogP contribution in [0.25, 0.3) is 22.2 Å². The average Bonchev–Trinajstić information content (AvgIpc) is 3.29. The molecule has 0 aliphatic rings. The molecule has 3 aromatic carbocycles. The molecule has 0 fully saturated rings. The Balaban J connectivity index is 1.39. The summed E-state index contributed by atoms with van der Waals surface area (Å²) in [6.07, 6.45) is 2.44. The van der Waals surface area contributed by atoms with Crippen LogP contribution in [-0.2, 0) is 0 Å². The summed E-state index contributed by atoms with van der Waals surface area (Å²) in [6, 6.07) is 25.3. The van der Waals surface area contributed by atoms with E-state index in [1.807, 2.05) is 48.5 Å². The van der Waals surface area contributed by atoms with Crippen molar-refractivity contribution in [2.75, 3.05) is 0 Å². The maximum absolute atomic E-state index is 12.8. The molecule has 0 saturated carbocycles. The molecule has 0 bridgehead atoms. The highest BCUT2D eigenvalue weighted by Crippen LogP contribution is 2.31. The van der Waals surface area contributed by atoms with E-state index in [-0.39, 0.29) is 5.78 Å². The zero-order valence-corrected chi connectivity index (χ0v) is 16.9. The number of pyridine rings is 1. The molecule has 6 nitrogen and oxygen atoms in total. The van der Waals surface area contributed by atoms with Gasteiger partial charge in [-0.05, 0) is 60.2 Å². The van der Waals surface area contributed by atoms with E-state index in [0.29, 0.717) is 28.6 Å². The molecule has 2 heterocycles. The van der Waals surface area contributed by atoms with Crippen molar-refractivity contribution in [3.8, 4) is 22.8 Å². The second-order valence-corrected chi connectivity index (χ2v) is 7.16. The zero-order chi connectivity index (χ0) is 21.9. The van der Waals surface area contributed by atoms with Gasteiger partial charge in [0, 0.05) is 22.9 Å². The molecular weight excluding hydrogens is 402 g/mol. The molecule has 5 aromatic rings. The van der Waals surface area contributed by atoms with Crippen molar-refractivity contribution in [3.63, 3.8) is 0 Å². The molecular formula is C26H17N3O3. The van der Waals surface area contributed by atoms with Gasteiger partial charge in [0.1, 0.15) is 12.0 Å². The summed E-state index contributed by atoms with van der Waals surface area (Å²) in [6.45, 7) is 0. The van der Waals surface area contributed by atoms with Crippen molar-refractivity contribution in [3.05, 3.63) is 108 Å². The number of rotatable bonds is 6. The van der Waals surface area contributed by atoms with Gasteiger partial charge in [0.05, 0.1) is 11.0 Å². The third kappa shape index (κ3) is 3.77. The largest absolute Gasteiger partial charge is 0.438 e. The number of hydrogen-bond acceptors (Lipinski definition) is 5. The number of aldehydes is 1. The first kappa shape index (κ1) is 19.4. The number of benzene rings is 3. The number of para-hydroxylation sites is 2. The Kier molecular flexibility index (Phi) is 5.01. The van der Waals surface area contributed by atoms with Gasteiger partial charge in [-0.3, -0.25) is 9.59 Å². The second-order valence-electron chi connectivity index (χ2n) is 7.16. The molecule has 32 heavy (non-hydrogen) atoms. The van der Waals surface area contributed by atoms with E-state index in [4.69, 9.17) is 4.74 Å². The highest BCUT2D eigenvalue weighted by Gasteiger charge is 2.15. The van der Waals surface area contributed by atoms with Crippen LogP contribution in [0.5, 0.6) is 11.6 Å². The maximum atomic E-state index is 12.8. The van der Waals surface area contributed by atoms with Gasteiger partial charge < -0.3 is 9.72 Å². The number of imidazole rings is 1. The predicted octanol–water partition coefficient (Wildman–Crippen LogP) is 5.46. The lowest BCUT2D eigenvalue weighted by atomic mass is 10.0. The van der Waals surface area contributed by atoms with Crippen LogP contribution >= 0.6 is 0 Å². The minimum Gasteiger partial charge on any atom is -0.438 e. The molecule has 5 rings (SSSR count). The Morgan fingerprint density at radius 2 is 1.75 bits per heavy atom. The van der Waals surface area contributed by atoms with Gasteiger partial charge in [0.15, 0.2) is 5.82 Å². The van der Waals surface area contributed by atoms with Crippen molar-refractivity contribution in [2.24, 2.45) is 0 Å². The van der Waals surface area contributed by atoms with Gasteiger partial charge in [-0.1, -0.05) is 30.3 Å². The van der Waals surface area contributed by atoms with E-state index in [1.165, 1.54) is 0 Å². The third-order valence-corrected chi connectivity index (χ3v) is 5.04. The molecule has 6 heteroatoms. The lowest BCUT2D eigenvalue weighted by molar-refractivity contribution is 0.103. The normalized spacial score (nSPS) is 10.8. The lowest BCUT2D eigenvalue weighted by Gasteiger charge is -2.10. The summed E-state index contributed by atoms with van der Waals surface area (Å²) >= 11 is 0. The SMILES string of the molecule is O=Cc1cccc(-c2cccnc2Oc2ccc(C(=O)c3nc4ccccc4[nH]3)cc2)c1. The van der Waals surface area contributed by atoms with E-state index in [0.717, 1.165) is 28.4 Å². The molecule has 0 spiro atoms. The first-order valence-corrected chi connectivity index (χ1v) is 9.99. The van der Waals surface area contributed by atoms with Crippen molar-refractivity contribution in [2.45, 2.75) is 0 Å². The molecule has 0 atom stereocenters. The zero-order valence-electron chi connectivity index (χ0n) is 16.9. The lowest BCUT2D eigenvalue weighted by Crippen LogP contribution is -2.03. The number of fused-ring (bicyclic) bond motifs is 1. The number of nitrogens with zero attached hydrogens (tertiary/aromatic N) is 2. The molecule has 1 N–H and O–H groups in total. The Morgan fingerprint density at radius 1 is 0.906 bits per heavy atom. The van der Waals surface area contributed by atoms with Crippen molar-refractivity contribution in [1.82, 2.24) is 15.0 Å². The van der Waals surface area contributed by atoms with Crippen molar-refractivity contribution >= 4 is 23.1 Å². The fraction of sp³-hybridized carbons (Fsp3) is 0. The van der Waals surface area contributed by atoms with E-state index in [2.05, 4.69) is 15.0 Å². The maximum Gasteiger partial charge on any atom is 0.228 e. The van der Waals surface area contributed by atoms with Crippen LogP contribution in [0, 0.1) is 0 Å². The second kappa shape index (κ2) is 8.28. The fourth-order valence-electron chi connectivity index (χ4n) is 3.45. The summed E-state index contributed by atoms with van der Waals surface area (Å²) in [4.78, 5) is 35.7. The molecule has 154 valence electrons. The van der Waals surface area contributed by atoms with Gasteiger partial charge >= 0.3 is 0 Å². The highest BCUT2D eigenvalue weighted by atomic mass is 16.5. The Morgan fingerprint density at radius 3 is 2.56 bits per heavy atom. The molecule has 0 amide bonds. The van der Waals surface area contributed by atoms with Crippen molar-refractivity contribution in [1.29, 1.82) is 0 Å². The Hall–Kier alpha value is -4.58. The van der Waals surface area contributed by atoms with Gasteiger partial charge in [0.25, 0.3) is 0 Å². The fourth-order valence-corrected chi connectivity index (χ4v) is 3.45. The number of aromatic amines is 1. The Bertz CT molecular complexity index is 1410. The summed E-state index contributed by atoms with van der Waals surface area (Å²) in [5, 5.41) is 0. The number of carbonyl (C=O) groups excluding carboxylic acids is 2. The van der Waals surface area contributed by atoms with E-state index >= 15 is 0 Å². The van der Waals surface area contributed by atoms with Gasteiger partial charge in [-0.15, -0.1) is 0 Å². The highest BCUT2D eigenvalue weighted by molar-refractivity contribution is 6.08. The number of H-pyrrole nitrogens is 1. The van der Waals surface area contributed by atoms with Gasteiger partial charge in [-0.2, -0.15) is 0 Å². The van der Waals surface area contributed by atoms with Gasteiger partial charge in [0.2, 0.25) is 11.7 Å². The van der Waals surface area contributed by atoms with Crippen LogP contribution in [-0.4, -0.2) is 27.0 Å². The topological polar surface area (TPSA) is 84.9 Å². The summed E-state index contributed by atoms with van der Waals surface area (Å²) < 4.78 is 5.99. The van der Waals surface area contributed by atoms with Crippen LogP contribution in [0.3, 0.4) is 0 Å². The summed E-state index contributed by atoms with van der Waals surface area (Å²) in [5.41, 5.74) is 4.23. The summed E-state index contributed by atoms with van der Waals surface area (Å²) in [7, 11) is 0. The smallest absolute Gasteiger partial charge is 0.228 e. The van der Waals surface area contributed by atoms with Crippen LogP contribution in [0.15, 0.2) is 91.1 Å². The number of nitrogens with one attached hydrogen (secondary N) is 1. The van der Waals surface area contributed by atoms with E-state index in [9.17, 15) is 9.59 Å². The quantitative estimate of drug-likeness (QED) is 0.292. The van der Waals surface area contributed by atoms with E-state index < -0.39 is 0 Å². The first-order chi connectivity index (χ1) is 15.7. The summed E-state index contributed by atoms with van der Waals surface area (Å²) in [5.74, 6) is 1.04. The number of ether oxygens (including phenoxy) is 1. The number of ketones is 1. The minimum absolute atomic E-state index is 0.197. The molecule has 0 radical (unpaired) electrons. The predicted molar refractivity (Wildman–Crippen MR) is 121 cm³/mol. The van der Waals surface area contributed by atoms with Crippen LogP contribution in [0.1, 0.15) is 26.5 Å². The van der Waals surface area contributed by atoms with Crippen LogP contribution in [0.4, 0.5) is 0 Å². The molecule has 0 aliphatic carbocycles. The standard InChI is InChI=1S/C26H17N3O3/c30-16-17-5-3-6-19(15-17)21-7-4-14-27-26(21)32-20-12-10-18(11-13-20)24(31)25-28-22-8-1-2-9-23(22)29-25/h1-16H,(H,28,29). The molecule has 0 saturated heterocycles. The third-order valence-electron chi connectivity index (χ3n) is 5.04. The number of carbonyl (C=O) groups is 2. The molecule has 0 unspecified atom stereocenters. The number of aromatic nitrogens is 3. The van der Waals surface area contributed by atoms with Crippen LogP contribution in [0.2, 0.25) is 0 Å². The van der Waals surface area contributed by atoms with E-state index in [1.54, 1.807) is 42.6 Å². The molecule has 2 aromatic heterocycles.